The summed E-state index contributed by atoms with van der Waals surface area (Å²) in [6.45, 7) is 2.25. The maximum atomic E-state index is 12.0. The zero-order chi connectivity index (χ0) is 18.2. The Morgan fingerprint density at radius 1 is 1.12 bits per heavy atom. The molecule has 2 aromatic carbocycles. The zero-order valence-corrected chi connectivity index (χ0v) is 15.4. The van der Waals surface area contributed by atoms with E-state index in [1.807, 2.05) is 61.5 Å². The lowest BCUT2D eigenvalue weighted by Crippen LogP contribution is -1.99. The molecule has 0 unspecified atom stereocenters. The van der Waals surface area contributed by atoms with E-state index in [0.29, 0.717) is 17.5 Å². The van der Waals surface area contributed by atoms with Crippen LogP contribution in [-0.2, 0) is 6.61 Å². The molecule has 0 saturated heterocycles. The van der Waals surface area contributed by atoms with Crippen LogP contribution in [0.5, 0.6) is 5.75 Å². The summed E-state index contributed by atoms with van der Waals surface area (Å²) >= 11 is 1.45. The number of carbonyl (C=O) groups excluding carboxylic acids is 1. The Labute approximate surface area is 156 Å². The smallest absolute Gasteiger partial charge is 0.276 e. The fourth-order valence-electron chi connectivity index (χ4n) is 2.37. The molecule has 5 nitrogen and oxygen atoms in total. The molecule has 0 radical (unpaired) electrons. The molecule has 0 aliphatic rings. The van der Waals surface area contributed by atoms with E-state index in [4.69, 9.17) is 9.15 Å². The third-order valence-corrected chi connectivity index (χ3v) is 4.57. The minimum absolute atomic E-state index is 0.156. The van der Waals surface area contributed by atoms with Gasteiger partial charge in [-0.2, -0.15) is 0 Å². The van der Waals surface area contributed by atoms with E-state index in [0.717, 1.165) is 29.1 Å². The fraction of sp³-hybridized carbons (Fsp3) is 0.250. The zero-order valence-electron chi connectivity index (χ0n) is 14.6. The van der Waals surface area contributed by atoms with Crippen LogP contribution in [0.3, 0.4) is 0 Å². The van der Waals surface area contributed by atoms with Gasteiger partial charge in [0.25, 0.3) is 11.1 Å². The molecule has 0 aliphatic heterocycles. The average molecular weight is 368 g/mol. The van der Waals surface area contributed by atoms with Crippen LogP contribution in [0, 0.1) is 6.92 Å². The SMILES string of the molecule is Cc1cccc(OCc2nnc(SCCCC(=O)c3ccccc3)o2)c1. The first-order valence-corrected chi connectivity index (χ1v) is 9.42. The van der Waals surface area contributed by atoms with Crippen LogP contribution in [0.4, 0.5) is 0 Å². The third-order valence-electron chi connectivity index (χ3n) is 3.67. The lowest BCUT2D eigenvalue weighted by atomic mass is 10.1. The molecule has 0 N–H and O–H groups in total. The van der Waals surface area contributed by atoms with Crippen molar-refractivity contribution in [1.82, 2.24) is 10.2 Å². The number of ether oxygens (including phenoxy) is 1. The van der Waals surface area contributed by atoms with Crippen molar-refractivity contribution in [3.8, 4) is 5.75 Å². The van der Waals surface area contributed by atoms with Crippen molar-refractivity contribution in [3.63, 3.8) is 0 Å². The highest BCUT2D eigenvalue weighted by Gasteiger charge is 2.09. The summed E-state index contributed by atoms with van der Waals surface area (Å²) in [7, 11) is 0. The molecule has 3 rings (SSSR count). The Kier molecular flexibility index (Phi) is 6.44. The largest absolute Gasteiger partial charge is 0.484 e. The number of thioether (sulfide) groups is 1. The predicted octanol–water partition coefficient (Wildman–Crippen LogP) is 4.71. The average Bonchev–Trinajstić information content (AvgIpc) is 3.12. The van der Waals surface area contributed by atoms with Crippen LogP contribution in [0.2, 0.25) is 0 Å². The number of benzene rings is 2. The number of rotatable bonds is 9. The van der Waals surface area contributed by atoms with Crippen molar-refractivity contribution in [2.24, 2.45) is 0 Å². The number of ketones is 1. The van der Waals surface area contributed by atoms with Crippen molar-refractivity contribution < 1.29 is 13.9 Å². The molecule has 0 spiro atoms. The van der Waals surface area contributed by atoms with Crippen molar-refractivity contribution in [1.29, 1.82) is 0 Å². The molecule has 1 aromatic heterocycles. The second-order valence-corrected chi connectivity index (χ2v) is 6.85. The summed E-state index contributed by atoms with van der Waals surface area (Å²) < 4.78 is 11.2. The second-order valence-electron chi connectivity index (χ2n) is 5.81. The molecular weight excluding hydrogens is 348 g/mol. The van der Waals surface area contributed by atoms with E-state index in [9.17, 15) is 4.79 Å². The maximum Gasteiger partial charge on any atom is 0.276 e. The van der Waals surface area contributed by atoms with Gasteiger partial charge in [0.1, 0.15) is 5.75 Å². The Morgan fingerprint density at radius 3 is 2.77 bits per heavy atom. The summed E-state index contributed by atoms with van der Waals surface area (Å²) in [6, 6.07) is 17.1. The molecule has 1 heterocycles. The molecule has 0 aliphatic carbocycles. The number of hydrogen-bond donors (Lipinski definition) is 0. The molecule has 3 aromatic rings. The maximum absolute atomic E-state index is 12.0. The van der Waals surface area contributed by atoms with E-state index in [-0.39, 0.29) is 12.4 Å². The minimum atomic E-state index is 0.156. The Bertz CT molecular complexity index is 849. The predicted molar refractivity (Wildman–Crippen MR) is 101 cm³/mol. The number of aromatic nitrogens is 2. The molecule has 6 heteroatoms. The highest BCUT2D eigenvalue weighted by molar-refractivity contribution is 7.99. The minimum Gasteiger partial charge on any atom is -0.484 e. The van der Waals surface area contributed by atoms with Crippen molar-refractivity contribution in [3.05, 3.63) is 71.6 Å². The van der Waals surface area contributed by atoms with Gasteiger partial charge in [0, 0.05) is 17.7 Å². The first-order valence-electron chi connectivity index (χ1n) is 8.43. The second kappa shape index (κ2) is 9.20. The number of nitrogens with zero attached hydrogens (tertiary/aromatic N) is 2. The molecule has 0 saturated carbocycles. The first-order chi connectivity index (χ1) is 12.7. The summed E-state index contributed by atoms with van der Waals surface area (Å²) in [6.07, 6.45) is 1.27. The van der Waals surface area contributed by atoms with E-state index in [1.54, 1.807) is 0 Å². The van der Waals surface area contributed by atoms with Crippen molar-refractivity contribution in [2.45, 2.75) is 31.6 Å². The summed E-state index contributed by atoms with van der Waals surface area (Å²) in [4.78, 5) is 12.0. The first kappa shape index (κ1) is 18.2. The molecule has 26 heavy (non-hydrogen) atoms. The normalized spacial score (nSPS) is 10.7. The van der Waals surface area contributed by atoms with Gasteiger partial charge in [0.2, 0.25) is 0 Å². The molecular formula is C20H20N2O3S. The monoisotopic (exact) mass is 368 g/mol. The quantitative estimate of drug-likeness (QED) is 0.309. The molecule has 0 fully saturated rings. The standard InChI is InChI=1S/C20H20N2O3S/c1-15-7-5-10-17(13-15)24-14-19-21-22-20(25-19)26-12-6-11-18(23)16-8-3-2-4-9-16/h2-5,7-10,13H,6,11-12,14H2,1H3. The molecule has 0 atom stereocenters. The van der Waals surface area contributed by atoms with E-state index in [2.05, 4.69) is 10.2 Å². The lowest BCUT2D eigenvalue weighted by molar-refractivity contribution is 0.0982. The number of Topliss-reactive ketones (excluding diaryl/α,β-unsaturated/α-hetero) is 1. The van der Waals surface area contributed by atoms with Gasteiger partial charge in [-0.15, -0.1) is 10.2 Å². The van der Waals surface area contributed by atoms with E-state index < -0.39 is 0 Å². The molecule has 134 valence electrons. The van der Waals surface area contributed by atoms with E-state index >= 15 is 0 Å². The van der Waals surface area contributed by atoms with Gasteiger partial charge in [0.15, 0.2) is 12.4 Å². The van der Waals surface area contributed by atoms with Gasteiger partial charge in [-0.1, -0.05) is 54.2 Å². The number of hydrogen-bond acceptors (Lipinski definition) is 6. The fourth-order valence-corrected chi connectivity index (χ4v) is 3.08. The van der Waals surface area contributed by atoms with Crippen LogP contribution < -0.4 is 4.74 Å². The van der Waals surface area contributed by atoms with Gasteiger partial charge in [-0.05, 0) is 31.0 Å². The highest BCUT2D eigenvalue weighted by Crippen LogP contribution is 2.20. The van der Waals surface area contributed by atoms with Crippen LogP contribution in [0.15, 0.2) is 64.2 Å². The van der Waals surface area contributed by atoms with Crippen LogP contribution in [0.1, 0.15) is 34.7 Å². The van der Waals surface area contributed by atoms with Gasteiger partial charge < -0.3 is 9.15 Å². The summed E-state index contributed by atoms with van der Waals surface area (Å²) in [5.41, 5.74) is 1.89. The van der Waals surface area contributed by atoms with Gasteiger partial charge in [-0.25, -0.2) is 0 Å². The number of aryl methyl sites for hydroxylation is 1. The van der Waals surface area contributed by atoms with Crippen LogP contribution >= 0.6 is 11.8 Å². The summed E-state index contributed by atoms with van der Waals surface area (Å²) in [5.74, 6) is 2.12. The molecule has 0 bridgehead atoms. The molecule has 0 amide bonds. The number of carbonyl (C=O) groups is 1. The van der Waals surface area contributed by atoms with E-state index in [1.165, 1.54) is 11.8 Å². The Hall–Kier alpha value is -2.60. The Morgan fingerprint density at radius 2 is 1.96 bits per heavy atom. The highest BCUT2D eigenvalue weighted by atomic mass is 32.2. The van der Waals surface area contributed by atoms with Crippen LogP contribution in [0.25, 0.3) is 0 Å². The third kappa shape index (κ3) is 5.46. The van der Waals surface area contributed by atoms with Gasteiger partial charge >= 0.3 is 0 Å². The van der Waals surface area contributed by atoms with Crippen molar-refractivity contribution >= 4 is 17.5 Å². The van der Waals surface area contributed by atoms with Gasteiger partial charge in [-0.3, -0.25) is 4.79 Å². The topological polar surface area (TPSA) is 65.2 Å². The Balaban J connectivity index is 1.39. The lowest BCUT2D eigenvalue weighted by Gasteiger charge is -2.03. The van der Waals surface area contributed by atoms with Crippen LogP contribution in [-0.4, -0.2) is 21.7 Å². The summed E-state index contributed by atoms with van der Waals surface area (Å²) in [5, 5.41) is 8.49. The van der Waals surface area contributed by atoms with Crippen molar-refractivity contribution in [2.75, 3.05) is 5.75 Å². The van der Waals surface area contributed by atoms with Gasteiger partial charge in [0.05, 0.1) is 0 Å².